The van der Waals surface area contributed by atoms with Crippen molar-refractivity contribution in [1.82, 2.24) is 9.27 Å². The van der Waals surface area contributed by atoms with Crippen LogP contribution in [0.3, 0.4) is 0 Å². The zero-order valence-corrected chi connectivity index (χ0v) is 17.6. The third-order valence-electron chi connectivity index (χ3n) is 6.23. The Bertz CT molecular complexity index is 1040. The summed E-state index contributed by atoms with van der Waals surface area (Å²) in [4.78, 5) is 18.7. The zero-order chi connectivity index (χ0) is 19.8. The number of carbonyl (C=O) groups excluding carboxylic acids is 1. The van der Waals surface area contributed by atoms with Gasteiger partial charge in [-0.25, -0.2) is 0 Å². The normalized spacial score (nSPS) is 17.8. The van der Waals surface area contributed by atoms with E-state index < -0.39 is 0 Å². The van der Waals surface area contributed by atoms with E-state index in [1.807, 2.05) is 7.05 Å². The van der Waals surface area contributed by atoms with Crippen LogP contribution >= 0.6 is 11.5 Å². The summed E-state index contributed by atoms with van der Waals surface area (Å²) in [6.07, 6.45) is 2.55. The third kappa shape index (κ3) is 3.63. The van der Waals surface area contributed by atoms with E-state index >= 15 is 0 Å². The Labute approximate surface area is 175 Å². The molecule has 0 radical (unpaired) electrons. The second kappa shape index (κ2) is 7.76. The number of hydrogen-bond acceptors (Lipinski definition) is 5. The minimum absolute atomic E-state index is 0.219. The first kappa shape index (κ1) is 18.6. The topological polar surface area (TPSA) is 39.7 Å². The zero-order valence-electron chi connectivity index (χ0n) is 16.8. The molecule has 0 bridgehead atoms. The van der Waals surface area contributed by atoms with Gasteiger partial charge in [-0.15, -0.1) is 0 Å². The van der Waals surface area contributed by atoms with E-state index in [0.29, 0.717) is 6.42 Å². The van der Waals surface area contributed by atoms with Crippen LogP contribution in [0, 0.1) is 0 Å². The van der Waals surface area contributed by atoms with Gasteiger partial charge in [-0.3, -0.25) is 9.69 Å². The van der Waals surface area contributed by atoms with Crippen molar-refractivity contribution in [2.75, 3.05) is 49.6 Å². The fourth-order valence-electron chi connectivity index (χ4n) is 4.44. The third-order valence-corrected chi connectivity index (χ3v) is 7.05. The van der Waals surface area contributed by atoms with Crippen molar-refractivity contribution in [3.63, 3.8) is 0 Å². The molecule has 29 heavy (non-hydrogen) atoms. The summed E-state index contributed by atoms with van der Waals surface area (Å²) in [5.41, 5.74) is 3.76. The number of nitrogens with zero attached hydrogens (tertiary/aromatic N) is 4. The number of rotatable bonds is 4. The Hall–Kier alpha value is -2.44. The van der Waals surface area contributed by atoms with Crippen molar-refractivity contribution >= 4 is 39.0 Å². The highest BCUT2D eigenvalue weighted by molar-refractivity contribution is 7.13. The summed E-state index contributed by atoms with van der Waals surface area (Å²) in [5, 5.41) is 1.28. The van der Waals surface area contributed by atoms with Crippen LogP contribution in [0.4, 0.5) is 11.5 Å². The first-order valence-corrected chi connectivity index (χ1v) is 11.2. The van der Waals surface area contributed by atoms with Gasteiger partial charge in [0.2, 0.25) is 5.91 Å². The van der Waals surface area contributed by atoms with Crippen molar-refractivity contribution in [2.24, 2.45) is 0 Å². The lowest BCUT2D eigenvalue weighted by Gasteiger charge is -2.35. The summed E-state index contributed by atoms with van der Waals surface area (Å²) >= 11 is 1.60. The van der Waals surface area contributed by atoms with E-state index in [0.717, 1.165) is 57.1 Å². The molecule has 3 aromatic rings. The molecule has 1 saturated heterocycles. The molecule has 5 rings (SSSR count). The molecule has 0 atom stereocenters. The van der Waals surface area contributed by atoms with E-state index in [-0.39, 0.29) is 5.91 Å². The predicted molar refractivity (Wildman–Crippen MR) is 120 cm³/mol. The van der Waals surface area contributed by atoms with Gasteiger partial charge < -0.3 is 9.80 Å². The molecule has 0 spiro atoms. The van der Waals surface area contributed by atoms with Gasteiger partial charge in [0.1, 0.15) is 5.82 Å². The molecular formula is C23H26N4OS. The number of carbonyl (C=O) groups is 1. The highest BCUT2D eigenvalue weighted by atomic mass is 32.1. The van der Waals surface area contributed by atoms with Crippen LogP contribution in [0.25, 0.3) is 10.1 Å². The monoisotopic (exact) mass is 406 g/mol. The van der Waals surface area contributed by atoms with Crippen molar-refractivity contribution in [3.8, 4) is 0 Å². The van der Waals surface area contributed by atoms with Crippen LogP contribution in [0.2, 0.25) is 0 Å². The Morgan fingerprint density at radius 2 is 1.86 bits per heavy atom. The molecule has 6 heteroatoms. The lowest BCUT2D eigenvalue weighted by molar-refractivity contribution is -0.118. The van der Waals surface area contributed by atoms with Gasteiger partial charge in [-0.05, 0) is 53.7 Å². The smallest absolute Gasteiger partial charge is 0.227 e. The standard InChI is InChI=1S/C23H26N4OS/c1-25-20-8-6-17(16-18(20)7-9-22(25)28)10-11-26-12-14-27(15-13-26)23-19-4-2-3-5-21(19)29-24-23/h2-6,8,16H,7,9-15H2,1H3. The number of aryl methyl sites for hydroxylation is 1. The number of amides is 1. The van der Waals surface area contributed by atoms with Gasteiger partial charge in [0, 0.05) is 57.3 Å². The number of benzene rings is 2. The fraction of sp³-hybridized carbons (Fsp3) is 0.391. The molecule has 5 nitrogen and oxygen atoms in total. The molecule has 150 valence electrons. The molecule has 2 aliphatic rings. The van der Waals surface area contributed by atoms with E-state index in [1.54, 1.807) is 16.4 Å². The summed E-state index contributed by atoms with van der Waals surface area (Å²) in [5.74, 6) is 1.37. The summed E-state index contributed by atoms with van der Waals surface area (Å²) in [7, 11) is 1.88. The molecule has 3 heterocycles. The van der Waals surface area contributed by atoms with Crippen LogP contribution in [-0.2, 0) is 17.6 Å². The SMILES string of the molecule is CN1C(=O)CCc2cc(CCN3CCN(c4nsc5ccccc45)CC3)ccc21. The molecule has 0 N–H and O–H groups in total. The molecule has 0 unspecified atom stereocenters. The van der Waals surface area contributed by atoms with Crippen molar-refractivity contribution in [3.05, 3.63) is 53.6 Å². The number of aromatic nitrogens is 1. The largest absolute Gasteiger partial charge is 0.353 e. The first-order valence-electron chi connectivity index (χ1n) is 10.4. The number of anilines is 2. The lowest BCUT2D eigenvalue weighted by atomic mass is 9.98. The van der Waals surface area contributed by atoms with Gasteiger partial charge in [0.05, 0.1) is 4.70 Å². The number of hydrogen-bond donors (Lipinski definition) is 0. The van der Waals surface area contributed by atoms with Crippen LogP contribution in [0.15, 0.2) is 42.5 Å². The molecule has 0 aliphatic carbocycles. The van der Waals surface area contributed by atoms with Gasteiger partial charge in [0.25, 0.3) is 0 Å². The van der Waals surface area contributed by atoms with E-state index in [9.17, 15) is 4.79 Å². The quantitative estimate of drug-likeness (QED) is 0.664. The maximum Gasteiger partial charge on any atom is 0.227 e. The molecule has 2 aromatic carbocycles. The Balaban J connectivity index is 1.18. The maximum atomic E-state index is 11.9. The average Bonchev–Trinajstić information content (AvgIpc) is 3.19. The maximum absolute atomic E-state index is 11.9. The summed E-state index contributed by atoms with van der Waals surface area (Å²) in [6, 6.07) is 15.1. The highest BCUT2D eigenvalue weighted by Gasteiger charge is 2.22. The molecular weight excluding hydrogens is 380 g/mol. The van der Waals surface area contributed by atoms with E-state index in [2.05, 4.69) is 52.3 Å². The van der Waals surface area contributed by atoms with Gasteiger partial charge in [-0.2, -0.15) is 4.37 Å². The van der Waals surface area contributed by atoms with Gasteiger partial charge in [0.15, 0.2) is 0 Å². The predicted octanol–water partition coefficient (Wildman–Crippen LogP) is 3.57. The van der Waals surface area contributed by atoms with E-state index in [1.165, 1.54) is 21.2 Å². The Morgan fingerprint density at radius 3 is 2.72 bits per heavy atom. The first-order chi connectivity index (χ1) is 14.2. The van der Waals surface area contributed by atoms with Crippen LogP contribution in [-0.4, -0.2) is 55.0 Å². The van der Waals surface area contributed by atoms with Crippen molar-refractivity contribution in [1.29, 1.82) is 0 Å². The molecule has 1 fully saturated rings. The van der Waals surface area contributed by atoms with Gasteiger partial charge >= 0.3 is 0 Å². The fourth-order valence-corrected chi connectivity index (χ4v) is 5.23. The highest BCUT2D eigenvalue weighted by Crippen LogP contribution is 2.30. The molecule has 1 amide bonds. The molecule has 1 aromatic heterocycles. The second-order valence-electron chi connectivity index (χ2n) is 8.00. The number of fused-ring (bicyclic) bond motifs is 2. The summed E-state index contributed by atoms with van der Waals surface area (Å²) < 4.78 is 5.98. The second-order valence-corrected chi connectivity index (χ2v) is 8.80. The Morgan fingerprint density at radius 1 is 1.03 bits per heavy atom. The number of piperazine rings is 1. The van der Waals surface area contributed by atoms with Gasteiger partial charge in [-0.1, -0.05) is 24.3 Å². The van der Waals surface area contributed by atoms with E-state index in [4.69, 9.17) is 4.37 Å². The van der Waals surface area contributed by atoms with Crippen molar-refractivity contribution in [2.45, 2.75) is 19.3 Å². The van der Waals surface area contributed by atoms with Crippen LogP contribution < -0.4 is 9.80 Å². The van der Waals surface area contributed by atoms with Crippen molar-refractivity contribution < 1.29 is 4.79 Å². The minimum Gasteiger partial charge on any atom is -0.353 e. The minimum atomic E-state index is 0.219. The molecule has 0 saturated carbocycles. The Kier molecular flexibility index (Phi) is 4.97. The molecule has 2 aliphatic heterocycles. The van der Waals surface area contributed by atoms with Crippen LogP contribution in [0.1, 0.15) is 17.5 Å². The van der Waals surface area contributed by atoms with Crippen LogP contribution in [0.5, 0.6) is 0 Å². The average molecular weight is 407 g/mol. The summed E-state index contributed by atoms with van der Waals surface area (Å²) in [6.45, 7) is 5.30. The lowest BCUT2D eigenvalue weighted by Crippen LogP contribution is -2.47.